The van der Waals surface area contributed by atoms with Crippen molar-refractivity contribution < 1.29 is 4.79 Å². The highest BCUT2D eigenvalue weighted by Gasteiger charge is 1.94. The van der Waals surface area contributed by atoms with Crippen molar-refractivity contribution in [2.24, 2.45) is 0 Å². The summed E-state index contributed by atoms with van der Waals surface area (Å²) in [6, 6.07) is 0. The topological polar surface area (TPSA) is 17.1 Å². The van der Waals surface area contributed by atoms with Crippen molar-refractivity contribution in [1.29, 1.82) is 0 Å². The molecule has 0 saturated heterocycles. The van der Waals surface area contributed by atoms with Crippen LogP contribution >= 0.6 is 25.3 Å². The number of unbranched alkanes of at least 4 members (excludes halogenated alkanes) is 5. The van der Waals surface area contributed by atoms with Gasteiger partial charge in [-0.3, -0.25) is 4.79 Å². The Morgan fingerprint density at radius 2 is 1.42 bits per heavy atom. The fourth-order valence-corrected chi connectivity index (χ4v) is 1.48. The van der Waals surface area contributed by atoms with E-state index in [0.29, 0.717) is 6.42 Å². The molecule has 0 aliphatic heterocycles. The van der Waals surface area contributed by atoms with E-state index in [1.165, 1.54) is 32.1 Å². The molecule has 0 N–H and O–H groups in total. The SMILES string of the molecule is O=C(S)CCCCCCCCS. The van der Waals surface area contributed by atoms with Gasteiger partial charge in [-0.05, 0) is 18.6 Å². The molecule has 0 heterocycles. The Morgan fingerprint density at radius 1 is 0.917 bits per heavy atom. The first-order valence-corrected chi connectivity index (χ1v) is 5.68. The maximum atomic E-state index is 10.4. The van der Waals surface area contributed by atoms with Crippen molar-refractivity contribution >= 4 is 30.4 Å². The molecule has 0 amide bonds. The van der Waals surface area contributed by atoms with Crippen LogP contribution < -0.4 is 0 Å². The quantitative estimate of drug-likeness (QED) is 0.461. The van der Waals surface area contributed by atoms with E-state index in [9.17, 15) is 4.79 Å². The highest BCUT2D eigenvalue weighted by Crippen LogP contribution is 2.08. The van der Waals surface area contributed by atoms with Gasteiger partial charge in [-0.25, -0.2) is 0 Å². The number of hydrogen-bond acceptors (Lipinski definition) is 2. The molecular formula is C9H18OS2. The molecular weight excluding hydrogens is 188 g/mol. The highest BCUT2D eigenvalue weighted by atomic mass is 32.1. The van der Waals surface area contributed by atoms with Gasteiger partial charge in [-0.2, -0.15) is 12.6 Å². The van der Waals surface area contributed by atoms with Crippen LogP contribution in [0.2, 0.25) is 0 Å². The first-order valence-electron chi connectivity index (χ1n) is 4.60. The second-order valence-electron chi connectivity index (χ2n) is 2.99. The van der Waals surface area contributed by atoms with Gasteiger partial charge in [0.05, 0.1) is 0 Å². The minimum absolute atomic E-state index is 0.0189. The van der Waals surface area contributed by atoms with Crippen LogP contribution in [-0.4, -0.2) is 10.9 Å². The minimum Gasteiger partial charge on any atom is -0.288 e. The molecule has 0 fully saturated rings. The fourth-order valence-electron chi connectivity index (χ4n) is 1.10. The van der Waals surface area contributed by atoms with E-state index in [-0.39, 0.29) is 5.12 Å². The number of rotatable bonds is 8. The molecule has 0 radical (unpaired) electrons. The van der Waals surface area contributed by atoms with Gasteiger partial charge in [0.25, 0.3) is 0 Å². The van der Waals surface area contributed by atoms with E-state index in [2.05, 4.69) is 25.3 Å². The number of carbonyl (C=O) groups excluding carboxylic acids is 1. The van der Waals surface area contributed by atoms with Crippen molar-refractivity contribution in [2.45, 2.75) is 44.9 Å². The predicted molar refractivity (Wildman–Crippen MR) is 60.2 cm³/mol. The summed E-state index contributed by atoms with van der Waals surface area (Å²) in [5.74, 6) is 0.995. The second kappa shape index (κ2) is 9.46. The maximum absolute atomic E-state index is 10.4. The molecule has 0 unspecified atom stereocenters. The molecule has 1 nitrogen and oxygen atoms in total. The Kier molecular flexibility index (Phi) is 9.75. The van der Waals surface area contributed by atoms with Crippen LogP contribution in [0.1, 0.15) is 44.9 Å². The van der Waals surface area contributed by atoms with E-state index in [1.807, 2.05) is 0 Å². The van der Waals surface area contributed by atoms with Crippen LogP contribution in [0.25, 0.3) is 0 Å². The van der Waals surface area contributed by atoms with Gasteiger partial charge in [-0.1, -0.05) is 25.7 Å². The Labute approximate surface area is 86.1 Å². The van der Waals surface area contributed by atoms with E-state index >= 15 is 0 Å². The molecule has 0 aliphatic rings. The number of hydrogen-bond donors (Lipinski definition) is 2. The molecule has 0 aliphatic carbocycles. The van der Waals surface area contributed by atoms with Crippen molar-refractivity contribution in [3.8, 4) is 0 Å². The summed E-state index contributed by atoms with van der Waals surface area (Å²) in [6.45, 7) is 0. The van der Waals surface area contributed by atoms with Gasteiger partial charge in [0.1, 0.15) is 0 Å². The largest absolute Gasteiger partial charge is 0.288 e. The predicted octanol–water partition coefficient (Wildman–Crippen LogP) is 3.10. The van der Waals surface area contributed by atoms with E-state index in [1.54, 1.807) is 0 Å². The van der Waals surface area contributed by atoms with Gasteiger partial charge < -0.3 is 0 Å². The van der Waals surface area contributed by atoms with Crippen molar-refractivity contribution in [2.75, 3.05) is 5.75 Å². The van der Waals surface area contributed by atoms with Crippen LogP contribution in [0.15, 0.2) is 0 Å². The smallest absolute Gasteiger partial charge is 0.185 e. The van der Waals surface area contributed by atoms with Gasteiger partial charge >= 0.3 is 0 Å². The Balaban J connectivity index is 2.86. The highest BCUT2D eigenvalue weighted by molar-refractivity contribution is 7.96. The normalized spacial score (nSPS) is 10.2. The Morgan fingerprint density at radius 3 is 1.92 bits per heavy atom. The summed E-state index contributed by atoms with van der Waals surface area (Å²) in [6.07, 6.45) is 7.82. The third-order valence-electron chi connectivity index (χ3n) is 1.80. The van der Waals surface area contributed by atoms with Crippen molar-refractivity contribution in [3.05, 3.63) is 0 Å². The average Bonchev–Trinajstić information content (AvgIpc) is 2.02. The Bertz CT molecular complexity index is 115. The second-order valence-corrected chi connectivity index (χ2v) is 3.93. The lowest BCUT2D eigenvalue weighted by molar-refractivity contribution is -0.110. The van der Waals surface area contributed by atoms with Gasteiger partial charge in [0.15, 0.2) is 5.12 Å². The molecule has 0 aromatic heterocycles. The van der Waals surface area contributed by atoms with Crippen LogP contribution in [0.4, 0.5) is 0 Å². The summed E-state index contributed by atoms with van der Waals surface area (Å²) >= 11 is 7.84. The molecule has 72 valence electrons. The molecule has 0 bridgehead atoms. The van der Waals surface area contributed by atoms with Gasteiger partial charge in [0.2, 0.25) is 0 Å². The molecule has 0 rings (SSSR count). The number of carbonyl (C=O) groups is 1. The summed E-state index contributed by atoms with van der Waals surface area (Å²) < 4.78 is 0. The van der Waals surface area contributed by atoms with Crippen LogP contribution in [-0.2, 0) is 4.79 Å². The molecule has 0 aromatic rings. The zero-order chi connectivity index (χ0) is 9.23. The fraction of sp³-hybridized carbons (Fsp3) is 0.889. The van der Waals surface area contributed by atoms with Gasteiger partial charge in [0, 0.05) is 6.42 Å². The average molecular weight is 206 g/mol. The summed E-state index contributed by atoms with van der Waals surface area (Å²) in [5, 5.41) is 0.0189. The van der Waals surface area contributed by atoms with Crippen LogP contribution in [0.3, 0.4) is 0 Å². The molecule has 3 heteroatoms. The van der Waals surface area contributed by atoms with E-state index in [4.69, 9.17) is 0 Å². The van der Waals surface area contributed by atoms with Crippen molar-refractivity contribution in [1.82, 2.24) is 0 Å². The Hall–Kier alpha value is 0.370. The van der Waals surface area contributed by atoms with Crippen LogP contribution in [0.5, 0.6) is 0 Å². The molecule has 0 spiro atoms. The zero-order valence-electron chi connectivity index (χ0n) is 7.46. The van der Waals surface area contributed by atoms with E-state index in [0.717, 1.165) is 12.2 Å². The zero-order valence-corrected chi connectivity index (χ0v) is 9.25. The summed E-state index contributed by atoms with van der Waals surface area (Å²) in [4.78, 5) is 10.4. The molecule has 0 aromatic carbocycles. The third-order valence-corrected chi connectivity index (χ3v) is 2.34. The lowest BCUT2D eigenvalue weighted by atomic mass is 10.1. The van der Waals surface area contributed by atoms with E-state index < -0.39 is 0 Å². The summed E-state index contributed by atoms with van der Waals surface area (Å²) in [5.41, 5.74) is 0. The standard InChI is InChI=1S/C9H18OS2/c10-9(12)7-5-3-1-2-4-6-8-11/h11H,1-8H2,(H,10,12). The first kappa shape index (κ1) is 12.4. The van der Waals surface area contributed by atoms with Gasteiger partial charge in [-0.15, -0.1) is 12.6 Å². The molecule has 0 saturated carbocycles. The molecule has 12 heavy (non-hydrogen) atoms. The lowest BCUT2D eigenvalue weighted by Crippen LogP contribution is -1.86. The first-order chi connectivity index (χ1) is 5.77. The van der Waals surface area contributed by atoms with Crippen molar-refractivity contribution in [3.63, 3.8) is 0 Å². The maximum Gasteiger partial charge on any atom is 0.185 e. The number of thiol groups is 2. The third kappa shape index (κ3) is 10.4. The molecule has 0 atom stereocenters. The minimum atomic E-state index is 0.0189. The van der Waals surface area contributed by atoms with Crippen LogP contribution in [0, 0.1) is 0 Å². The lowest BCUT2D eigenvalue weighted by Gasteiger charge is -1.98. The monoisotopic (exact) mass is 206 g/mol. The summed E-state index contributed by atoms with van der Waals surface area (Å²) in [7, 11) is 0.